The lowest BCUT2D eigenvalue weighted by Gasteiger charge is -2.11. The molecule has 0 aliphatic carbocycles. The minimum absolute atomic E-state index is 0.456. The fraction of sp³-hybridized carbons (Fsp3) is 0.231. The quantitative estimate of drug-likeness (QED) is 0.749. The molecule has 0 atom stereocenters. The van der Waals surface area contributed by atoms with Crippen molar-refractivity contribution in [2.75, 3.05) is 0 Å². The van der Waals surface area contributed by atoms with E-state index in [1.807, 2.05) is 0 Å². The molecule has 0 aliphatic rings. The number of hydrogen-bond donors (Lipinski definition) is 0. The summed E-state index contributed by atoms with van der Waals surface area (Å²) in [5, 5.41) is 0.456. The largest absolute Gasteiger partial charge is 0.251 e. The summed E-state index contributed by atoms with van der Waals surface area (Å²) in [5.41, 5.74) is 5.46. The van der Waals surface area contributed by atoms with Gasteiger partial charge in [0.15, 0.2) is 5.15 Å². The highest BCUT2D eigenvalue weighted by Gasteiger charge is 2.11. The molecule has 1 heterocycles. The van der Waals surface area contributed by atoms with Crippen molar-refractivity contribution in [3.05, 3.63) is 46.4 Å². The molecule has 82 valence electrons. The summed E-state index contributed by atoms with van der Waals surface area (Å²) in [6.45, 7) is 6.22. The average Bonchev–Trinajstić information content (AvgIpc) is 2.19. The summed E-state index contributed by atoms with van der Waals surface area (Å²) in [6.07, 6.45) is 3.27. The van der Waals surface area contributed by atoms with Crippen LogP contribution in [0, 0.1) is 20.8 Å². The number of rotatable bonds is 1. The van der Waals surface area contributed by atoms with Crippen LogP contribution in [0.5, 0.6) is 0 Å². The summed E-state index contributed by atoms with van der Waals surface area (Å²) in [7, 11) is 0. The van der Waals surface area contributed by atoms with Crippen molar-refractivity contribution in [1.82, 2.24) is 9.97 Å². The zero-order chi connectivity index (χ0) is 11.7. The highest BCUT2D eigenvalue weighted by molar-refractivity contribution is 6.31. The second-order valence-electron chi connectivity index (χ2n) is 3.97. The molecule has 16 heavy (non-hydrogen) atoms. The molecule has 0 spiro atoms. The molecule has 2 aromatic rings. The molecule has 0 unspecified atom stereocenters. The maximum atomic E-state index is 6.07. The molecule has 0 aliphatic heterocycles. The predicted molar refractivity (Wildman–Crippen MR) is 66.7 cm³/mol. The maximum Gasteiger partial charge on any atom is 0.155 e. The van der Waals surface area contributed by atoms with Gasteiger partial charge in [-0.3, -0.25) is 4.98 Å². The van der Waals surface area contributed by atoms with Crippen LogP contribution in [0.3, 0.4) is 0 Å². The first-order chi connectivity index (χ1) is 7.59. The molecule has 0 fully saturated rings. The molecule has 0 amide bonds. The Balaban J connectivity index is 2.70. The molecule has 2 rings (SSSR count). The zero-order valence-corrected chi connectivity index (χ0v) is 10.3. The number of benzene rings is 1. The molecule has 1 aromatic carbocycles. The van der Waals surface area contributed by atoms with Crippen LogP contribution in [0.25, 0.3) is 11.3 Å². The Kier molecular flexibility index (Phi) is 2.92. The van der Waals surface area contributed by atoms with Crippen molar-refractivity contribution in [1.29, 1.82) is 0 Å². The summed E-state index contributed by atoms with van der Waals surface area (Å²) >= 11 is 6.07. The van der Waals surface area contributed by atoms with Crippen molar-refractivity contribution >= 4 is 11.6 Å². The normalized spacial score (nSPS) is 10.5. The lowest BCUT2D eigenvalue weighted by Crippen LogP contribution is -1.94. The first-order valence-corrected chi connectivity index (χ1v) is 5.52. The van der Waals surface area contributed by atoms with E-state index in [4.69, 9.17) is 11.6 Å². The van der Waals surface area contributed by atoms with Gasteiger partial charge in [-0.2, -0.15) is 0 Å². The maximum absolute atomic E-state index is 6.07. The third kappa shape index (κ3) is 1.93. The second-order valence-corrected chi connectivity index (χ2v) is 4.33. The lowest BCUT2D eigenvalue weighted by atomic mass is 9.98. The van der Waals surface area contributed by atoms with Crippen molar-refractivity contribution in [2.24, 2.45) is 0 Å². The molecule has 2 nitrogen and oxygen atoms in total. The smallest absolute Gasteiger partial charge is 0.155 e. The standard InChI is InChI=1S/C13H13ClN2/c1-8-6-9(2)11(10(3)7-8)12-13(14)16-5-4-15-12/h4-7H,1-3H3. The monoisotopic (exact) mass is 232 g/mol. The van der Waals surface area contributed by atoms with E-state index in [9.17, 15) is 0 Å². The van der Waals surface area contributed by atoms with Crippen molar-refractivity contribution in [3.8, 4) is 11.3 Å². The summed E-state index contributed by atoms with van der Waals surface area (Å²) in [4.78, 5) is 8.37. The van der Waals surface area contributed by atoms with E-state index in [1.54, 1.807) is 12.4 Å². The van der Waals surface area contributed by atoms with Crippen molar-refractivity contribution in [2.45, 2.75) is 20.8 Å². The predicted octanol–water partition coefficient (Wildman–Crippen LogP) is 3.72. The third-order valence-corrected chi connectivity index (χ3v) is 2.84. The SMILES string of the molecule is Cc1cc(C)c(-c2nccnc2Cl)c(C)c1. The third-order valence-electron chi connectivity index (χ3n) is 2.57. The Labute approximate surface area is 100 Å². The van der Waals surface area contributed by atoms with Crippen molar-refractivity contribution in [3.63, 3.8) is 0 Å². The van der Waals surface area contributed by atoms with Crippen LogP contribution >= 0.6 is 11.6 Å². The van der Waals surface area contributed by atoms with E-state index in [2.05, 4.69) is 42.9 Å². The van der Waals surface area contributed by atoms with E-state index in [1.165, 1.54) is 16.7 Å². The fourth-order valence-electron chi connectivity index (χ4n) is 2.04. The Hall–Kier alpha value is -1.41. The van der Waals surface area contributed by atoms with Gasteiger partial charge in [0.1, 0.15) is 5.69 Å². The molecule has 0 bridgehead atoms. The number of aryl methyl sites for hydroxylation is 3. The van der Waals surface area contributed by atoms with Crippen LogP contribution in [0.15, 0.2) is 24.5 Å². The van der Waals surface area contributed by atoms with Gasteiger partial charge in [-0.15, -0.1) is 0 Å². The van der Waals surface area contributed by atoms with Gasteiger partial charge in [0.2, 0.25) is 0 Å². The molecule has 1 aromatic heterocycles. The number of halogens is 1. The van der Waals surface area contributed by atoms with Gasteiger partial charge in [0.05, 0.1) is 0 Å². The topological polar surface area (TPSA) is 25.8 Å². The summed E-state index contributed by atoms with van der Waals surface area (Å²) < 4.78 is 0. The van der Waals surface area contributed by atoms with Gasteiger partial charge in [-0.1, -0.05) is 29.3 Å². The summed E-state index contributed by atoms with van der Waals surface area (Å²) in [5.74, 6) is 0. The van der Waals surface area contributed by atoms with E-state index >= 15 is 0 Å². The highest BCUT2D eigenvalue weighted by atomic mass is 35.5. The highest BCUT2D eigenvalue weighted by Crippen LogP contribution is 2.30. The molecule has 3 heteroatoms. The van der Waals surface area contributed by atoms with Crippen LogP contribution in [-0.2, 0) is 0 Å². The second kappa shape index (κ2) is 4.22. The Morgan fingerprint density at radius 1 is 0.938 bits per heavy atom. The van der Waals surface area contributed by atoms with Gasteiger partial charge in [-0.25, -0.2) is 4.98 Å². The van der Waals surface area contributed by atoms with Gasteiger partial charge in [0.25, 0.3) is 0 Å². The minimum atomic E-state index is 0.456. The number of hydrogen-bond acceptors (Lipinski definition) is 2. The number of aromatic nitrogens is 2. The average molecular weight is 233 g/mol. The van der Waals surface area contributed by atoms with Crippen LogP contribution in [-0.4, -0.2) is 9.97 Å². The van der Waals surface area contributed by atoms with Crippen LogP contribution in [0.4, 0.5) is 0 Å². The van der Waals surface area contributed by atoms with Crippen LogP contribution in [0.1, 0.15) is 16.7 Å². The van der Waals surface area contributed by atoms with Crippen LogP contribution < -0.4 is 0 Å². The molecular weight excluding hydrogens is 220 g/mol. The molecule has 0 saturated heterocycles. The first kappa shape index (κ1) is 11.1. The van der Waals surface area contributed by atoms with Crippen molar-refractivity contribution < 1.29 is 0 Å². The number of nitrogens with zero attached hydrogens (tertiary/aromatic N) is 2. The molecule has 0 radical (unpaired) electrons. The molecule has 0 N–H and O–H groups in total. The Bertz CT molecular complexity index is 512. The molecule has 0 saturated carbocycles. The van der Waals surface area contributed by atoms with E-state index in [0.717, 1.165) is 11.3 Å². The molecular formula is C13H13ClN2. The van der Waals surface area contributed by atoms with Gasteiger partial charge in [-0.05, 0) is 31.9 Å². The Morgan fingerprint density at radius 3 is 2.06 bits per heavy atom. The van der Waals surface area contributed by atoms with E-state index in [0.29, 0.717) is 5.15 Å². The van der Waals surface area contributed by atoms with Gasteiger partial charge >= 0.3 is 0 Å². The zero-order valence-electron chi connectivity index (χ0n) is 9.58. The minimum Gasteiger partial charge on any atom is -0.251 e. The van der Waals surface area contributed by atoms with E-state index < -0.39 is 0 Å². The first-order valence-electron chi connectivity index (χ1n) is 5.14. The van der Waals surface area contributed by atoms with Gasteiger partial charge in [0, 0.05) is 18.0 Å². The Morgan fingerprint density at radius 2 is 1.50 bits per heavy atom. The fourth-order valence-corrected chi connectivity index (χ4v) is 2.24. The van der Waals surface area contributed by atoms with Gasteiger partial charge < -0.3 is 0 Å². The lowest BCUT2D eigenvalue weighted by molar-refractivity contribution is 1.19. The van der Waals surface area contributed by atoms with E-state index in [-0.39, 0.29) is 0 Å². The summed E-state index contributed by atoms with van der Waals surface area (Å²) in [6, 6.07) is 4.26. The van der Waals surface area contributed by atoms with Crippen LogP contribution in [0.2, 0.25) is 5.15 Å².